The first-order valence-corrected chi connectivity index (χ1v) is 8.61. The number of piperazine rings is 1. The SMILES string of the molecule is C(CCCN1CCN2CCCC2C1)CCNC1CC1. The average Bonchev–Trinajstić information content (AvgIpc) is 3.13. The van der Waals surface area contributed by atoms with Crippen LogP contribution in [0.1, 0.15) is 51.4 Å². The maximum atomic E-state index is 3.61. The Bertz CT molecular complexity index is 265. The van der Waals surface area contributed by atoms with Gasteiger partial charge in [-0.15, -0.1) is 0 Å². The number of nitrogens with one attached hydrogen (secondary N) is 1. The lowest BCUT2D eigenvalue weighted by Gasteiger charge is -2.37. The number of fused-ring (bicyclic) bond motifs is 1. The second-order valence-corrected chi connectivity index (χ2v) is 6.78. The first-order valence-electron chi connectivity index (χ1n) is 8.61. The number of rotatable bonds is 8. The molecule has 1 saturated carbocycles. The highest BCUT2D eigenvalue weighted by Gasteiger charge is 2.29. The van der Waals surface area contributed by atoms with Crippen LogP contribution in [0.15, 0.2) is 0 Å². The number of hydrogen-bond donors (Lipinski definition) is 1. The van der Waals surface area contributed by atoms with Gasteiger partial charge in [0.15, 0.2) is 0 Å². The predicted octanol–water partition coefficient (Wildman–Crippen LogP) is 2.08. The molecule has 0 aromatic carbocycles. The van der Waals surface area contributed by atoms with E-state index in [9.17, 15) is 0 Å². The van der Waals surface area contributed by atoms with Crippen molar-refractivity contribution >= 4 is 0 Å². The van der Waals surface area contributed by atoms with E-state index in [2.05, 4.69) is 15.1 Å². The molecule has 1 aliphatic carbocycles. The molecule has 0 bridgehead atoms. The van der Waals surface area contributed by atoms with Gasteiger partial charge in [0.2, 0.25) is 0 Å². The van der Waals surface area contributed by atoms with Crippen LogP contribution in [-0.2, 0) is 0 Å². The standard InChI is InChI=1S/C16H31N3/c1(3-9-17-15-7-8-15)2-4-10-18-12-13-19-11-5-6-16(19)14-18/h15-17H,1-14H2. The zero-order chi connectivity index (χ0) is 12.9. The minimum atomic E-state index is 0.891. The zero-order valence-electron chi connectivity index (χ0n) is 12.4. The quantitative estimate of drug-likeness (QED) is 0.678. The molecule has 3 fully saturated rings. The van der Waals surface area contributed by atoms with Crippen LogP contribution in [0.4, 0.5) is 0 Å². The van der Waals surface area contributed by atoms with Gasteiger partial charge in [-0.3, -0.25) is 4.90 Å². The Labute approximate surface area is 118 Å². The van der Waals surface area contributed by atoms with Gasteiger partial charge in [0, 0.05) is 31.7 Å². The number of nitrogens with zero attached hydrogens (tertiary/aromatic N) is 2. The fraction of sp³-hybridized carbons (Fsp3) is 1.00. The minimum Gasteiger partial charge on any atom is -0.314 e. The van der Waals surface area contributed by atoms with Crippen molar-refractivity contribution < 1.29 is 0 Å². The molecule has 19 heavy (non-hydrogen) atoms. The fourth-order valence-corrected chi connectivity index (χ4v) is 3.67. The van der Waals surface area contributed by atoms with Gasteiger partial charge in [-0.2, -0.15) is 0 Å². The molecule has 1 unspecified atom stereocenters. The normalized spacial score (nSPS) is 28.7. The van der Waals surface area contributed by atoms with Gasteiger partial charge in [-0.1, -0.05) is 12.8 Å². The lowest BCUT2D eigenvalue weighted by atomic mass is 10.1. The van der Waals surface area contributed by atoms with Crippen LogP contribution in [0.25, 0.3) is 0 Å². The van der Waals surface area contributed by atoms with Crippen LogP contribution in [-0.4, -0.2) is 61.2 Å². The fourth-order valence-electron chi connectivity index (χ4n) is 3.67. The molecule has 0 aromatic heterocycles. The van der Waals surface area contributed by atoms with Gasteiger partial charge < -0.3 is 10.2 Å². The summed E-state index contributed by atoms with van der Waals surface area (Å²) >= 11 is 0. The van der Waals surface area contributed by atoms with Gasteiger partial charge in [-0.05, 0) is 58.2 Å². The second-order valence-electron chi connectivity index (χ2n) is 6.78. The van der Waals surface area contributed by atoms with Gasteiger partial charge in [0.25, 0.3) is 0 Å². The van der Waals surface area contributed by atoms with E-state index in [1.165, 1.54) is 90.6 Å². The molecule has 3 heteroatoms. The molecule has 2 heterocycles. The maximum Gasteiger partial charge on any atom is 0.0224 e. The summed E-state index contributed by atoms with van der Waals surface area (Å²) in [7, 11) is 0. The van der Waals surface area contributed by atoms with E-state index in [1.807, 2.05) is 0 Å². The average molecular weight is 265 g/mol. The number of unbranched alkanes of at least 4 members (excludes halogenated alkanes) is 3. The Morgan fingerprint density at radius 3 is 2.68 bits per heavy atom. The van der Waals surface area contributed by atoms with E-state index in [-0.39, 0.29) is 0 Å². The van der Waals surface area contributed by atoms with Crippen molar-refractivity contribution in [2.24, 2.45) is 0 Å². The van der Waals surface area contributed by atoms with Crippen molar-refractivity contribution in [2.45, 2.75) is 63.5 Å². The lowest BCUT2D eigenvalue weighted by Crippen LogP contribution is -2.50. The summed E-state index contributed by atoms with van der Waals surface area (Å²) in [5.41, 5.74) is 0. The summed E-state index contributed by atoms with van der Waals surface area (Å²) in [6.45, 7) is 7.97. The van der Waals surface area contributed by atoms with Crippen LogP contribution in [0, 0.1) is 0 Å². The Kier molecular flexibility index (Phi) is 5.14. The van der Waals surface area contributed by atoms with Crippen LogP contribution in [0.3, 0.4) is 0 Å². The van der Waals surface area contributed by atoms with E-state index in [0.717, 1.165) is 12.1 Å². The zero-order valence-corrected chi connectivity index (χ0v) is 12.4. The summed E-state index contributed by atoms with van der Waals surface area (Å²) in [6, 6.07) is 1.79. The molecule has 0 aromatic rings. The lowest BCUT2D eigenvalue weighted by molar-refractivity contribution is 0.103. The van der Waals surface area contributed by atoms with Crippen molar-refractivity contribution in [1.82, 2.24) is 15.1 Å². The largest absolute Gasteiger partial charge is 0.314 e. The van der Waals surface area contributed by atoms with Crippen LogP contribution < -0.4 is 5.32 Å². The van der Waals surface area contributed by atoms with Gasteiger partial charge in [0.05, 0.1) is 0 Å². The summed E-state index contributed by atoms with van der Waals surface area (Å²) in [5.74, 6) is 0. The van der Waals surface area contributed by atoms with Crippen molar-refractivity contribution in [2.75, 3.05) is 39.3 Å². The van der Waals surface area contributed by atoms with E-state index < -0.39 is 0 Å². The van der Waals surface area contributed by atoms with Gasteiger partial charge in [-0.25, -0.2) is 0 Å². The molecule has 1 atom stereocenters. The molecule has 0 spiro atoms. The Morgan fingerprint density at radius 1 is 0.895 bits per heavy atom. The van der Waals surface area contributed by atoms with Gasteiger partial charge >= 0.3 is 0 Å². The van der Waals surface area contributed by atoms with Crippen molar-refractivity contribution in [3.8, 4) is 0 Å². The molecule has 2 saturated heterocycles. The van der Waals surface area contributed by atoms with E-state index in [4.69, 9.17) is 0 Å². The van der Waals surface area contributed by atoms with E-state index in [1.54, 1.807) is 0 Å². The third kappa shape index (κ3) is 4.44. The second kappa shape index (κ2) is 7.05. The topological polar surface area (TPSA) is 18.5 Å². The van der Waals surface area contributed by atoms with Crippen molar-refractivity contribution in [3.05, 3.63) is 0 Å². The van der Waals surface area contributed by atoms with E-state index >= 15 is 0 Å². The van der Waals surface area contributed by atoms with Crippen LogP contribution >= 0.6 is 0 Å². The molecule has 3 nitrogen and oxygen atoms in total. The third-order valence-electron chi connectivity index (χ3n) is 5.08. The van der Waals surface area contributed by atoms with Crippen molar-refractivity contribution in [3.63, 3.8) is 0 Å². The number of hydrogen-bond acceptors (Lipinski definition) is 3. The third-order valence-corrected chi connectivity index (χ3v) is 5.08. The minimum absolute atomic E-state index is 0.891. The first kappa shape index (κ1) is 13.8. The van der Waals surface area contributed by atoms with Crippen molar-refractivity contribution in [1.29, 1.82) is 0 Å². The molecule has 110 valence electrons. The van der Waals surface area contributed by atoms with Gasteiger partial charge in [0.1, 0.15) is 0 Å². The molecule has 0 amide bonds. The highest BCUT2D eigenvalue weighted by atomic mass is 15.3. The molecular formula is C16H31N3. The van der Waals surface area contributed by atoms with E-state index in [0.29, 0.717) is 0 Å². The smallest absolute Gasteiger partial charge is 0.0224 e. The monoisotopic (exact) mass is 265 g/mol. The Balaban J connectivity index is 1.18. The van der Waals surface area contributed by atoms with Crippen LogP contribution in [0.5, 0.6) is 0 Å². The first-order chi connectivity index (χ1) is 9.42. The summed E-state index contributed by atoms with van der Waals surface area (Å²) in [6.07, 6.45) is 11.4. The summed E-state index contributed by atoms with van der Waals surface area (Å²) in [4.78, 5) is 5.43. The molecule has 3 rings (SSSR count). The molecular weight excluding hydrogens is 234 g/mol. The van der Waals surface area contributed by atoms with Crippen LogP contribution in [0.2, 0.25) is 0 Å². The predicted molar refractivity (Wildman–Crippen MR) is 80.5 cm³/mol. The summed E-state index contributed by atoms with van der Waals surface area (Å²) in [5, 5.41) is 3.61. The molecule has 2 aliphatic heterocycles. The molecule has 1 N–H and O–H groups in total. The highest BCUT2D eigenvalue weighted by molar-refractivity contribution is 4.86. The highest BCUT2D eigenvalue weighted by Crippen LogP contribution is 2.21. The Hall–Kier alpha value is -0.120. The maximum absolute atomic E-state index is 3.61. The Morgan fingerprint density at radius 2 is 1.79 bits per heavy atom. The summed E-state index contributed by atoms with van der Waals surface area (Å²) < 4.78 is 0. The molecule has 0 radical (unpaired) electrons. The molecule has 3 aliphatic rings.